The van der Waals surface area contributed by atoms with E-state index in [1.807, 2.05) is 6.26 Å². The fourth-order valence-electron chi connectivity index (χ4n) is 4.32. The molecule has 1 amide bonds. The highest BCUT2D eigenvalue weighted by molar-refractivity contribution is 7.98. The van der Waals surface area contributed by atoms with E-state index in [1.54, 1.807) is 29.4 Å². The molecule has 2 heterocycles. The van der Waals surface area contributed by atoms with Gasteiger partial charge in [0, 0.05) is 29.3 Å². The van der Waals surface area contributed by atoms with E-state index in [1.165, 1.54) is 23.1 Å². The summed E-state index contributed by atoms with van der Waals surface area (Å²) in [4.78, 5) is 26.1. The first-order valence-electron chi connectivity index (χ1n) is 11.1. The molecule has 0 radical (unpaired) electrons. The molecule has 4 rings (SSSR count). The first-order chi connectivity index (χ1) is 16.1. The molecule has 0 saturated carbocycles. The monoisotopic (exact) mass is 508 g/mol. The number of thioether (sulfide) groups is 1. The summed E-state index contributed by atoms with van der Waals surface area (Å²) in [7, 11) is 1.45. The maximum absolute atomic E-state index is 12.8. The van der Waals surface area contributed by atoms with Crippen molar-refractivity contribution in [2.45, 2.75) is 50.6 Å². The number of nitrogens with zero attached hydrogens (tertiary/aromatic N) is 3. The molecule has 0 saturated heterocycles. The molecule has 1 unspecified atom stereocenters. The second-order valence-corrected chi connectivity index (χ2v) is 10.7. The fourth-order valence-corrected chi connectivity index (χ4v) is 6.21. The van der Waals surface area contributed by atoms with Gasteiger partial charge in [-0.2, -0.15) is 13.2 Å². The van der Waals surface area contributed by atoms with Crippen molar-refractivity contribution in [3.63, 3.8) is 0 Å². The average molecular weight is 509 g/mol. The van der Waals surface area contributed by atoms with E-state index in [4.69, 9.17) is 0 Å². The van der Waals surface area contributed by atoms with E-state index in [9.17, 15) is 18.0 Å². The number of rotatable bonds is 6. The number of carbonyl (C=O) groups is 1. The van der Waals surface area contributed by atoms with Gasteiger partial charge in [-0.3, -0.25) is 4.79 Å². The molecule has 0 spiro atoms. The Kier molecular flexibility index (Phi) is 7.09. The minimum Gasteiger partial charge on any atom is -0.345 e. The predicted octanol–water partition coefficient (Wildman–Crippen LogP) is 6.29. The number of aryl methyl sites for hydroxylation is 3. The third-order valence-corrected chi connectivity index (χ3v) is 8.31. The van der Waals surface area contributed by atoms with E-state index in [0.717, 1.165) is 37.1 Å². The zero-order valence-corrected chi connectivity index (χ0v) is 21.2. The summed E-state index contributed by atoms with van der Waals surface area (Å²) in [5.41, 5.74) is 4.55. The van der Waals surface area contributed by atoms with Gasteiger partial charge in [0.25, 0.3) is 0 Å². The molecule has 34 heavy (non-hydrogen) atoms. The maximum Gasteiger partial charge on any atom is 0.390 e. The molecule has 0 bridgehead atoms. The number of carbonyl (C=O) groups excluding carboxylic acids is 1. The SMILES string of the molecule is CSc1cc(C)c(C)cc1Nc1ncnc2sc3c(c12)CCC(C(=O)N(C)CCC(F)(F)F)C3. The molecule has 0 aliphatic heterocycles. The number of amides is 1. The number of fused-ring (bicyclic) bond motifs is 3. The molecule has 10 heteroatoms. The number of nitrogens with one attached hydrogen (secondary N) is 1. The number of aromatic nitrogens is 2. The second kappa shape index (κ2) is 9.73. The molecule has 1 atom stereocenters. The molecule has 1 aliphatic rings. The van der Waals surface area contributed by atoms with Crippen molar-refractivity contribution in [3.8, 4) is 0 Å². The van der Waals surface area contributed by atoms with Crippen molar-refractivity contribution in [1.82, 2.24) is 14.9 Å². The van der Waals surface area contributed by atoms with E-state index in [-0.39, 0.29) is 18.4 Å². The van der Waals surface area contributed by atoms with Crippen molar-refractivity contribution >= 4 is 50.7 Å². The van der Waals surface area contributed by atoms with E-state index < -0.39 is 12.6 Å². The van der Waals surface area contributed by atoms with Gasteiger partial charge in [0.05, 0.1) is 17.5 Å². The summed E-state index contributed by atoms with van der Waals surface area (Å²) in [5.74, 6) is 0.204. The normalized spacial score (nSPS) is 15.9. The third-order valence-electron chi connectivity index (χ3n) is 6.37. The summed E-state index contributed by atoms with van der Waals surface area (Å²) < 4.78 is 37.7. The zero-order valence-electron chi connectivity index (χ0n) is 19.5. The number of alkyl halides is 3. The van der Waals surface area contributed by atoms with Crippen LogP contribution in [0, 0.1) is 19.8 Å². The Labute approximate surface area is 205 Å². The van der Waals surface area contributed by atoms with Gasteiger partial charge in [-0.1, -0.05) is 0 Å². The van der Waals surface area contributed by atoms with Crippen molar-refractivity contribution in [2.75, 3.05) is 25.2 Å². The second-order valence-electron chi connectivity index (χ2n) is 8.73. The van der Waals surface area contributed by atoms with Crippen LogP contribution < -0.4 is 5.32 Å². The van der Waals surface area contributed by atoms with Crippen LogP contribution in [0.1, 0.15) is 34.4 Å². The lowest BCUT2D eigenvalue weighted by Crippen LogP contribution is -2.37. The van der Waals surface area contributed by atoms with Crippen LogP contribution in [0.5, 0.6) is 0 Å². The van der Waals surface area contributed by atoms with Gasteiger partial charge >= 0.3 is 6.18 Å². The van der Waals surface area contributed by atoms with Crippen LogP contribution in [-0.4, -0.2) is 46.8 Å². The molecule has 2 aromatic heterocycles. The number of hydrogen-bond acceptors (Lipinski definition) is 6. The predicted molar refractivity (Wildman–Crippen MR) is 132 cm³/mol. The number of halogens is 3. The highest BCUT2D eigenvalue weighted by Crippen LogP contribution is 2.41. The highest BCUT2D eigenvalue weighted by Gasteiger charge is 2.33. The van der Waals surface area contributed by atoms with Crippen LogP contribution in [0.3, 0.4) is 0 Å². The molecule has 1 N–H and O–H groups in total. The van der Waals surface area contributed by atoms with Gasteiger partial charge in [0.2, 0.25) is 5.91 Å². The summed E-state index contributed by atoms with van der Waals surface area (Å²) in [6.07, 6.45) is 0.112. The maximum atomic E-state index is 12.8. The molecule has 0 fully saturated rings. The number of anilines is 2. The van der Waals surface area contributed by atoms with Crippen molar-refractivity contribution in [3.05, 3.63) is 40.0 Å². The molecule has 1 aliphatic carbocycles. The summed E-state index contributed by atoms with van der Waals surface area (Å²) in [6.45, 7) is 3.86. The minimum atomic E-state index is -4.27. The first-order valence-corrected chi connectivity index (χ1v) is 13.1. The Morgan fingerprint density at radius 3 is 2.71 bits per heavy atom. The number of hydrogen-bond donors (Lipinski definition) is 1. The minimum absolute atomic E-state index is 0.225. The summed E-state index contributed by atoms with van der Waals surface area (Å²) >= 11 is 3.21. The molecular weight excluding hydrogens is 481 g/mol. The van der Waals surface area contributed by atoms with Crippen LogP contribution in [0.15, 0.2) is 23.4 Å². The Bertz CT molecular complexity index is 1230. The van der Waals surface area contributed by atoms with Crippen molar-refractivity contribution in [2.24, 2.45) is 5.92 Å². The zero-order chi connectivity index (χ0) is 24.6. The smallest absolute Gasteiger partial charge is 0.345 e. The van der Waals surface area contributed by atoms with Crippen LogP contribution in [-0.2, 0) is 17.6 Å². The van der Waals surface area contributed by atoms with Crippen molar-refractivity contribution < 1.29 is 18.0 Å². The number of thiophene rings is 1. The van der Waals surface area contributed by atoms with Gasteiger partial charge in [-0.15, -0.1) is 23.1 Å². The van der Waals surface area contributed by atoms with Crippen LogP contribution in [0.4, 0.5) is 24.7 Å². The van der Waals surface area contributed by atoms with Gasteiger partial charge < -0.3 is 10.2 Å². The van der Waals surface area contributed by atoms with Gasteiger partial charge in [0.1, 0.15) is 17.0 Å². The molecule has 1 aromatic carbocycles. The Morgan fingerprint density at radius 2 is 2.00 bits per heavy atom. The summed E-state index contributed by atoms with van der Waals surface area (Å²) in [6, 6.07) is 4.29. The fraction of sp³-hybridized carbons (Fsp3) is 0.458. The van der Waals surface area contributed by atoms with Crippen LogP contribution in [0.2, 0.25) is 0 Å². The summed E-state index contributed by atoms with van der Waals surface area (Å²) in [5, 5.41) is 4.48. The van der Waals surface area contributed by atoms with Gasteiger partial charge in [-0.25, -0.2) is 9.97 Å². The molecule has 182 valence electrons. The third kappa shape index (κ3) is 5.17. The first kappa shape index (κ1) is 24.8. The Morgan fingerprint density at radius 1 is 1.26 bits per heavy atom. The Balaban J connectivity index is 1.59. The molecule has 5 nitrogen and oxygen atoms in total. The van der Waals surface area contributed by atoms with E-state index >= 15 is 0 Å². The molecular formula is C24H27F3N4OS2. The van der Waals surface area contributed by atoms with Crippen LogP contribution >= 0.6 is 23.1 Å². The van der Waals surface area contributed by atoms with E-state index in [2.05, 4.69) is 41.3 Å². The van der Waals surface area contributed by atoms with Gasteiger partial charge in [0.15, 0.2) is 0 Å². The largest absolute Gasteiger partial charge is 0.390 e. The lowest BCUT2D eigenvalue weighted by atomic mass is 9.87. The van der Waals surface area contributed by atoms with Crippen molar-refractivity contribution in [1.29, 1.82) is 0 Å². The standard InChI is InChI=1S/C24H27F3N4OS2/c1-13-9-17(19(33-4)10-14(13)2)30-21-20-16-6-5-15(11-18(16)34-22(20)29-12-28-21)23(32)31(3)8-7-24(25,26)27/h9-10,12,15H,5-8,11H2,1-4H3,(H,28,29,30). The lowest BCUT2D eigenvalue weighted by Gasteiger charge is -2.27. The average Bonchev–Trinajstić information content (AvgIpc) is 3.17. The topological polar surface area (TPSA) is 58.1 Å². The van der Waals surface area contributed by atoms with Crippen LogP contribution in [0.25, 0.3) is 10.2 Å². The highest BCUT2D eigenvalue weighted by atomic mass is 32.2. The number of benzene rings is 1. The van der Waals surface area contributed by atoms with E-state index in [0.29, 0.717) is 19.3 Å². The van der Waals surface area contributed by atoms with Gasteiger partial charge in [-0.05, 0) is 68.2 Å². The lowest BCUT2D eigenvalue weighted by molar-refractivity contribution is -0.146. The Hall–Kier alpha value is -2.33. The molecule has 3 aromatic rings. The quantitative estimate of drug-likeness (QED) is 0.397.